The molecule has 0 spiro atoms. The van der Waals surface area contributed by atoms with E-state index >= 15 is 0 Å². The SMILES string of the molecule is CN1CCC(CN(C)C(=O)c2cn(C)c(=O)c3[nH]ccc23)CC1. The summed E-state index contributed by atoms with van der Waals surface area (Å²) in [6.45, 7) is 2.95. The predicted octanol–water partition coefficient (Wildman–Crippen LogP) is 1.28. The predicted molar refractivity (Wildman–Crippen MR) is 90.7 cm³/mol. The summed E-state index contributed by atoms with van der Waals surface area (Å²) in [6, 6.07) is 1.80. The number of hydrogen-bond donors (Lipinski definition) is 1. The Morgan fingerprint density at radius 2 is 2.04 bits per heavy atom. The lowest BCUT2D eigenvalue weighted by atomic mass is 9.96. The van der Waals surface area contributed by atoms with Gasteiger partial charge in [0, 0.05) is 38.4 Å². The van der Waals surface area contributed by atoms with Crippen LogP contribution in [0, 0.1) is 5.92 Å². The van der Waals surface area contributed by atoms with Gasteiger partial charge < -0.3 is 19.4 Å². The molecule has 3 rings (SSSR count). The maximum Gasteiger partial charge on any atom is 0.274 e. The molecule has 1 aliphatic heterocycles. The average Bonchev–Trinajstić information content (AvgIpc) is 3.02. The summed E-state index contributed by atoms with van der Waals surface area (Å²) < 4.78 is 1.47. The lowest BCUT2D eigenvalue weighted by molar-refractivity contribution is 0.0748. The summed E-state index contributed by atoms with van der Waals surface area (Å²) in [5.74, 6) is 0.526. The van der Waals surface area contributed by atoms with Crippen LogP contribution in [0.15, 0.2) is 23.3 Å². The highest BCUT2D eigenvalue weighted by molar-refractivity contribution is 6.05. The van der Waals surface area contributed by atoms with Crippen LogP contribution in [-0.4, -0.2) is 59.0 Å². The number of pyridine rings is 1. The van der Waals surface area contributed by atoms with Crippen molar-refractivity contribution in [1.29, 1.82) is 0 Å². The molecular weight excluding hydrogens is 292 g/mol. The lowest BCUT2D eigenvalue weighted by Crippen LogP contribution is -2.38. The Bertz CT molecular complexity index is 768. The van der Waals surface area contributed by atoms with Crippen LogP contribution in [0.1, 0.15) is 23.2 Å². The van der Waals surface area contributed by atoms with Crippen molar-refractivity contribution in [3.8, 4) is 0 Å². The number of amides is 1. The van der Waals surface area contributed by atoms with Crippen molar-refractivity contribution in [3.63, 3.8) is 0 Å². The van der Waals surface area contributed by atoms with E-state index in [4.69, 9.17) is 0 Å². The standard InChI is InChI=1S/C17H24N4O2/c1-19-8-5-12(6-9-19)10-20(2)16(22)14-11-21(3)17(23)15-13(14)4-7-18-15/h4,7,11-12,18H,5-6,8-10H2,1-3H3. The van der Waals surface area contributed by atoms with E-state index in [2.05, 4.69) is 16.9 Å². The first-order valence-corrected chi connectivity index (χ1v) is 8.08. The Hall–Kier alpha value is -2.08. The first kappa shape index (κ1) is 15.8. The smallest absolute Gasteiger partial charge is 0.274 e. The van der Waals surface area contributed by atoms with Gasteiger partial charge in [-0.05, 0) is 45.0 Å². The number of carbonyl (C=O) groups is 1. The van der Waals surface area contributed by atoms with Gasteiger partial charge in [0.15, 0.2) is 0 Å². The molecule has 124 valence electrons. The quantitative estimate of drug-likeness (QED) is 0.928. The molecule has 0 bridgehead atoms. The van der Waals surface area contributed by atoms with Gasteiger partial charge in [0.05, 0.1) is 5.56 Å². The van der Waals surface area contributed by atoms with Crippen molar-refractivity contribution in [3.05, 3.63) is 34.4 Å². The van der Waals surface area contributed by atoms with Crippen LogP contribution in [0.4, 0.5) is 0 Å². The summed E-state index contributed by atoms with van der Waals surface area (Å²) >= 11 is 0. The van der Waals surface area contributed by atoms with Gasteiger partial charge in [-0.3, -0.25) is 9.59 Å². The summed E-state index contributed by atoms with van der Waals surface area (Å²) in [5, 5.41) is 0.702. The number of nitrogens with zero attached hydrogens (tertiary/aromatic N) is 3. The van der Waals surface area contributed by atoms with Crippen LogP contribution in [0.2, 0.25) is 0 Å². The van der Waals surface area contributed by atoms with E-state index < -0.39 is 0 Å². The Morgan fingerprint density at radius 3 is 2.74 bits per heavy atom. The van der Waals surface area contributed by atoms with Gasteiger partial charge in [-0.2, -0.15) is 0 Å². The second-order valence-electron chi connectivity index (χ2n) is 6.66. The topological polar surface area (TPSA) is 61.3 Å². The van der Waals surface area contributed by atoms with Crippen molar-refractivity contribution in [2.45, 2.75) is 12.8 Å². The first-order chi connectivity index (χ1) is 11.0. The number of fused-ring (bicyclic) bond motifs is 1. The number of rotatable bonds is 3. The van der Waals surface area contributed by atoms with E-state index in [1.54, 1.807) is 30.4 Å². The molecule has 2 aromatic rings. The fourth-order valence-electron chi connectivity index (χ4n) is 3.36. The zero-order chi connectivity index (χ0) is 16.6. The molecule has 0 atom stereocenters. The molecule has 0 aliphatic carbocycles. The van der Waals surface area contributed by atoms with Crippen LogP contribution in [0.25, 0.3) is 10.9 Å². The molecule has 2 aromatic heterocycles. The second-order valence-corrected chi connectivity index (χ2v) is 6.66. The van der Waals surface area contributed by atoms with Gasteiger partial charge in [0.1, 0.15) is 5.52 Å². The minimum absolute atomic E-state index is 0.0240. The van der Waals surface area contributed by atoms with E-state index in [0.29, 0.717) is 22.4 Å². The molecule has 0 aromatic carbocycles. The van der Waals surface area contributed by atoms with E-state index in [9.17, 15) is 9.59 Å². The fraction of sp³-hybridized carbons (Fsp3) is 0.529. The van der Waals surface area contributed by atoms with Gasteiger partial charge in [-0.15, -0.1) is 0 Å². The van der Waals surface area contributed by atoms with Gasteiger partial charge in [-0.25, -0.2) is 0 Å². The number of H-pyrrole nitrogens is 1. The van der Waals surface area contributed by atoms with Gasteiger partial charge in [-0.1, -0.05) is 0 Å². The number of hydrogen-bond acceptors (Lipinski definition) is 3. The van der Waals surface area contributed by atoms with E-state index in [1.807, 2.05) is 7.05 Å². The average molecular weight is 316 g/mol. The van der Waals surface area contributed by atoms with Gasteiger partial charge in [0.2, 0.25) is 0 Å². The van der Waals surface area contributed by atoms with Crippen LogP contribution in [0.3, 0.4) is 0 Å². The van der Waals surface area contributed by atoms with Crippen molar-refractivity contribution in [1.82, 2.24) is 19.4 Å². The van der Waals surface area contributed by atoms with Crippen LogP contribution in [-0.2, 0) is 7.05 Å². The maximum absolute atomic E-state index is 12.8. The number of aromatic nitrogens is 2. The largest absolute Gasteiger partial charge is 0.357 e. The Morgan fingerprint density at radius 1 is 1.35 bits per heavy atom. The zero-order valence-electron chi connectivity index (χ0n) is 14.0. The molecule has 1 amide bonds. The van der Waals surface area contributed by atoms with E-state index in [1.165, 1.54) is 4.57 Å². The Balaban J connectivity index is 1.81. The molecule has 3 heterocycles. The fourth-order valence-corrected chi connectivity index (χ4v) is 3.36. The third kappa shape index (κ3) is 3.03. The number of aryl methyl sites for hydroxylation is 1. The Labute approximate surface area is 135 Å². The van der Waals surface area contributed by atoms with Crippen molar-refractivity contribution in [2.24, 2.45) is 13.0 Å². The normalized spacial score (nSPS) is 16.8. The van der Waals surface area contributed by atoms with E-state index in [-0.39, 0.29) is 11.5 Å². The summed E-state index contributed by atoms with van der Waals surface area (Å²) in [4.78, 5) is 32.0. The zero-order valence-corrected chi connectivity index (χ0v) is 14.0. The highest BCUT2D eigenvalue weighted by Gasteiger charge is 2.23. The first-order valence-electron chi connectivity index (χ1n) is 8.08. The van der Waals surface area contributed by atoms with Crippen molar-refractivity contribution in [2.75, 3.05) is 33.7 Å². The minimum Gasteiger partial charge on any atom is -0.357 e. The molecule has 0 radical (unpaired) electrons. The summed E-state index contributed by atoms with van der Waals surface area (Å²) in [5.41, 5.74) is 0.962. The Kier molecular flexibility index (Phi) is 4.26. The maximum atomic E-state index is 12.8. The summed E-state index contributed by atoms with van der Waals surface area (Å²) in [7, 11) is 5.67. The third-order valence-electron chi connectivity index (χ3n) is 4.84. The number of likely N-dealkylation sites (tertiary alicyclic amines) is 1. The third-order valence-corrected chi connectivity index (χ3v) is 4.84. The highest BCUT2D eigenvalue weighted by Crippen LogP contribution is 2.20. The lowest BCUT2D eigenvalue weighted by Gasteiger charge is -2.31. The molecule has 1 N–H and O–H groups in total. The van der Waals surface area contributed by atoms with Crippen molar-refractivity contribution < 1.29 is 4.79 Å². The molecular formula is C17H24N4O2. The van der Waals surface area contributed by atoms with Crippen LogP contribution >= 0.6 is 0 Å². The molecule has 0 saturated carbocycles. The molecule has 23 heavy (non-hydrogen) atoms. The van der Waals surface area contributed by atoms with E-state index in [0.717, 1.165) is 32.5 Å². The highest BCUT2D eigenvalue weighted by atomic mass is 16.2. The molecule has 1 aliphatic rings. The number of aromatic amines is 1. The number of piperidine rings is 1. The van der Waals surface area contributed by atoms with Crippen LogP contribution in [0.5, 0.6) is 0 Å². The minimum atomic E-state index is -0.112. The second kappa shape index (κ2) is 6.20. The number of nitrogens with one attached hydrogen (secondary N) is 1. The molecule has 6 heteroatoms. The monoisotopic (exact) mass is 316 g/mol. The van der Waals surface area contributed by atoms with Gasteiger partial charge >= 0.3 is 0 Å². The van der Waals surface area contributed by atoms with Crippen molar-refractivity contribution >= 4 is 16.8 Å². The van der Waals surface area contributed by atoms with Crippen LogP contribution < -0.4 is 5.56 Å². The van der Waals surface area contributed by atoms with Gasteiger partial charge in [0.25, 0.3) is 11.5 Å². The number of carbonyl (C=O) groups excluding carboxylic acids is 1. The molecule has 6 nitrogen and oxygen atoms in total. The molecule has 0 unspecified atom stereocenters. The molecule has 1 saturated heterocycles. The summed E-state index contributed by atoms with van der Waals surface area (Å²) in [6.07, 6.45) is 5.60. The molecule has 1 fully saturated rings.